The zero-order chi connectivity index (χ0) is 9.97. The summed E-state index contributed by atoms with van der Waals surface area (Å²) in [6, 6.07) is 4.57. The Morgan fingerprint density at radius 2 is 2.36 bits per heavy atom. The van der Waals surface area contributed by atoms with Crippen molar-refractivity contribution in [1.82, 2.24) is 4.98 Å². The first-order valence-electron chi connectivity index (χ1n) is 4.29. The van der Waals surface area contributed by atoms with E-state index < -0.39 is 0 Å². The van der Waals surface area contributed by atoms with Gasteiger partial charge in [-0.25, -0.2) is 9.37 Å². The fraction of sp³-hybridized carbons (Fsp3) is 0.222. The molecule has 3 nitrogen and oxygen atoms in total. The molecule has 3 N–H and O–H groups in total. The summed E-state index contributed by atoms with van der Waals surface area (Å²) in [5, 5.41) is 3.85. The second-order valence-electron chi connectivity index (χ2n) is 2.85. The van der Waals surface area contributed by atoms with E-state index in [1.807, 2.05) is 0 Å². The topological polar surface area (TPSA) is 50.9 Å². The van der Waals surface area contributed by atoms with Gasteiger partial charge in [-0.05, 0) is 18.2 Å². The summed E-state index contributed by atoms with van der Waals surface area (Å²) in [4.78, 5) is 4.28. The number of hydrogen-bond donors (Lipinski definition) is 2. The van der Waals surface area contributed by atoms with Gasteiger partial charge in [0, 0.05) is 13.1 Å². The van der Waals surface area contributed by atoms with Crippen molar-refractivity contribution in [2.24, 2.45) is 5.73 Å². The lowest BCUT2D eigenvalue weighted by atomic mass is 10.3. The fourth-order valence-corrected chi connectivity index (χ4v) is 2.07. The second kappa shape index (κ2) is 3.89. The first-order valence-corrected chi connectivity index (χ1v) is 5.11. The number of anilines is 1. The van der Waals surface area contributed by atoms with Gasteiger partial charge < -0.3 is 11.1 Å². The maximum atomic E-state index is 12.8. The van der Waals surface area contributed by atoms with E-state index in [-0.39, 0.29) is 5.82 Å². The van der Waals surface area contributed by atoms with E-state index in [1.165, 1.54) is 23.5 Å². The van der Waals surface area contributed by atoms with Crippen LogP contribution >= 0.6 is 11.3 Å². The minimum atomic E-state index is -0.230. The van der Waals surface area contributed by atoms with E-state index in [4.69, 9.17) is 5.73 Å². The molecule has 14 heavy (non-hydrogen) atoms. The van der Waals surface area contributed by atoms with Gasteiger partial charge in [-0.3, -0.25) is 0 Å². The van der Waals surface area contributed by atoms with Crippen molar-refractivity contribution in [2.75, 3.05) is 18.4 Å². The lowest BCUT2D eigenvalue weighted by Gasteiger charge is -1.95. The first kappa shape index (κ1) is 9.36. The van der Waals surface area contributed by atoms with Crippen molar-refractivity contribution in [1.29, 1.82) is 0 Å². The van der Waals surface area contributed by atoms with E-state index in [0.29, 0.717) is 13.1 Å². The first-order chi connectivity index (χ1) is 6.79. The summed E-state index contributed by atoms with van der Waals surface area (Å²) >= 11 is 1.43. The molecule has 0 spiro atoms. The Labute approximate surface area is 84.8 Å². The van der Waals surface area contributed by atoms with Crippen LogP contribution in [-0.2, 0) is 0 Å². The Morgan fingerprint density at radius 3 is 3.14 bits per heavy atom. The van der Waals surface area contributed by atoms with E-state index in [9.17, 15) is 4.39 Å². The minimum Gasteiger partial charge on any atom is -0.360 e. The molecule has 0 aliphatic heterocycles. The molecule has 0 radical (unpaired) electrons. The van der Waals surface area contributed by atoms with E-state index >= 15 is 0 Å². The molecule has 2 rings (SSSR count). The van der Waals surface area contributed by atoms with Gasteiger partial charge in [0.05, 0.1) is 10.2 Å². The number of halogens is 1. The molecule has 2 aromatic rings. The molecule has 1 heterocycles. The number of aromatic nitrogens is 1. The Hall–Kier alpha value is -1.20. The smallest absolute Gasteiger partial charge is 0.183 e. The van der Waals surface area contributed by atoms with Crippen LogP contribution in [0.2, 0.25) is 0 Å². The summed E-state index contributed by atoms with van der Waals surface area (Å²) in [7, 11) is 0. The number of nitrogens with one attached hydrogen (secondary N) is 1. The highest BCUT2D eigenvalue weighted by molar-refractivity contribution is 7.22. The number of nitrogens with two attached hydrogens (primary N) is 1. The average Bonchev–Trinajstić information content (AvgIpc) is 2.56. The van der Waals surface area contributed by atoms with Crippen LogP contribution in [-0.4, -0.2) is 18.1 Å². The molecule has 0 unspecified atom stereocenters. The number of nitrogens with zero attached hydrogens (tertiary/aromatic N) is 1. The lowest BCUT2D eigenvalue weighted by molar-refractivity contribution is 0.630. The predicted molar refractivity (Wildman–Crippen MR) is 57.1 cm³/mol. The summed E-state index contributed by atoms with van der Waals surface area (Å²) in [6.45, 7) is 1.24. The predicted octanol–water partition coefficient (Wildman–Crippen LogP) is 1.81. The van der Waals surface area contributed by atoms with E-state index in [1.54, 1.807) is 6.07 Å². The summed E-state index contributed by atoms with van der Waals surface area (Å²) in [5.74, 6) is -0.230. The number of thiazole rings is 1. The highest BCUT2D eigenvalue weighted by Crippen LogP contribution is 2.25. The maximum absolute atomic E-state index is 12.8. The Bertz CT molecular complexity index is 441. The van der Waals surface area contributed by atoms with Gasteiger partial charge >= 0.3 is 0 Å². The van der Waals surface area contributed by atoms with Crippen molar-refractivity contribution in [2.45, 2.75) is 0 Å². The molecular formula is C9H10FN3S. The third-order valence-corrected chi connectivity index (χ3v) is 2.75. The quantitative estimate of drug-likeness (QED) is 0.814. The Morgan fingerprint density at radius 1 is 1.50 bits per heavy atom. The number of fused-ring (bicyclic) bond motifs is 1. The van der Waals surface area contributed by atoms with Crippen molar-refractivity contribution in [3.63, 3.8) is 0 Å². The second-order valence-corrected chi connectivity index (χ2v) is 3.88. The minimum absolute atomic E-state index is 0.230. The highest BCUT2D eigenvalue weighted by atomic mass is 32.1. The van der Waals surface area contributed by atoms with Crippen molar-refractivity contribution in [3.05, 3.63) is 24.0 Å². The van der Waals surface area contributed by atoms with Crippen molar-refractivity contribution < 1.29 is 4.39 Å². The molecule has 1 aromatic carbocycles. The number of rotatable bonds is 3. The molecule has 0 bridgehead atoms. The largest absolute Gasteiger partial charge is 0.360 e. The van der Waals surface area contributed by atoms with Crippen LogP contribution in [0.3, 0.4) is 0 Å². The van der Waals surface area contributed by atoms with Crippen LogP contribution in [0.25, 0.3) is 10.2 Å². The fourth-order valence-electron chi connectivity index (χ4n) is 1.15. The van der Waals surface area contributed by atoms with Gasteiger partial charge in [0.2, 0.25) is 0 Å². The van der Waals surface area contributed by atoms with Gasteiger partial charge in [-0.1, -0.05) is 11.3 Å². The SMILES string of the molecule is NCCNc1nc2ccc(F)cc2s1. The zero-order valence-electron chi connectivity index (χ0n) is 7.46. The normalized spacial score (nSPS) is 10.7. The summed E-state index contributed by atoms with van der Waals surface area (Å²) in [5.41, 5.74) is 6.16. The van der Waals surface area contributed by atoms with Gasteiger partial charge in [0.25, 0.3) is 0 Å². The van der Waals surface area contributed by atoms with E-state index in [0.717, 1.165) is 15.3 Å². The third kappa shape index (κ3) is 1.83. The Kier molecular flexibility index (Phi) is 2.60. The molecular weight excluding hydrogens is 201 g/mol. The Balaban J connectivity index is 2.32. The molecule has 1 aromatic heterocycles. The van der Waals surface area contributed by atoms with Gasteiger partial charge in [-0.2, -0.15) is 0 Å². The van der Waals surface area contributed by atoms with Crippen LogP contribution in [0.1, 0.15) is 0 Å². The van der Waals surface area contributed by atoms with Gasteiger partial charge in [0.15, 0.2) is 5.13 Å². The van der Waals surface area contributed by atoms with Crippen LogP contribution in [0, 0.1) is 5.82 Å². The van der Waals surface area contributed by atoms with Crippen LogP contribution in [0.4, 0.5) is 9.52 Å². The third-order valence-electron chi connectivity index (χ3n) is 1.77. The molecule has 0 atom stereocenters. The molecule has 0 amide bonds. The van der Waals surface area contributed by atoms with E-state index in [2.05, 4.69) is 10.3 Å². The molecule has 0 aliphatic rings. The summed E-state index contributed by atoms with van der Waals surface area (Å²) < 4.78 is 13.7. The number of hydrogen-bond acceptors (Lipinski definition) is 4. The zero-order valence-corrected chi connectivity index (χ0v) is 8.27. The molecule has 0 saturated carbocycles. The molecule has 0 saturated heterocycles. The maximum Gasteiger partial charge on any atom is 0.183 e. The average molecular weight is 211 g/mol. The lowest BCUT2D eigenvalue weighted by Crippen LogP contribution is -2.12. The molecule has 0 aliphatic carbocycles. The summed E-state index contributed by atoms with van der Waals surface area (Å²) in [6.07, 6.45) is 0. The molecule has 74 valence electrons. The standard InChI is InChI=1S/C9H10FN3S/c10-6-1-2-7-8(5-6)14-9(13-7)12-4-3-11/h1-2,5H,3-4,11H2,(H,12,13). The molecule has 0 fully saturated rings. The van der Waals surface area contributed by atoms with Crippen molar-refractivity contribution in [3.8, 4) is 0 Å². The number of benzene rings is 1. The van der Waals surface area contributed by atoms with Crippen LogP contribution in [0.15, 0.2) is 18.2 Å². The monoisotopic (exact) mass is 211 g/mol. The highest BCUT2D eigenvalue weighted by Gasteiger charge is 2.03. The van der Waals surface area contributed by atoms with Crippen LogP contribution < -0.4 is 11.1 Å². The van der Waals surface area contributed by atoms with Crippen molar-refractivity contribution >= 4 is 26.7 Å². The van der Waals surface area contributed by atoms with Gasteiger partial charge in [0.1, 0.15) is 5.82 Å². The molecule has 5 heteroatoms. The van der Waals surface area contributed by atoms with Gasteiger partial charge in [-0.15, -0.1) is 0 Å². The van der Waals surface area contributed by atoms with Crippen LogP contribution in [0.5, 0.6) is 0 Å².